The molecule has 208 valence electrons. The minimum atomic E-state index is -1.01. The highest BCUT2D eigenvalue weighted by Gasteiger charge is 2.42. The van der Waals surface area contributed by atoms with Crippen LogP contribution in [0.4, 0.5) is 0 Å². The molecule has 1 atom stereocenters. The van der Waals surface area contributed by atoms with E-state index in [-0.39, 0.29) is 43.7 Å². The number of amides is 2. The smallest absolute Gasteiger partial charge is 0.227 e. The van der Waals surface area contributed by atoms with Gasteiger partial charge in [0.2, 0.25) is 17.7 Å². The van der Waals surface area contributed by atoms with Gasteiger partial charge < -0.3 is 23.8 Å². The summed E-state index contributed by atoms with van der Waals surface area (Å²) in [5, 5.41) is 4.57. The zero-order valence-corrected chi connectivity index (χ0v) is 23.4. The van der Waals surface area contributed by atoms with Crippen LogP contribution in [0.1, 0.15) is 49.9 Å². The van der Waals surface area contributed by atoms with Gasteiger partial charge >= 0.3 is 0 Å². The molecule has 10 heteroatoms. The molecule has 2 heterocycles. The molecular formula is C29H35ClN4O5. The number of aromatic nitrogens is 2. The summed E-state index contributed by atoms with van der Waals surface area (Å²) in [7, 11) is 1.77. The molecule has 0 N–H and O–H groups in total. The van der Waals surface area contributed by atoms with Gasteiger partial charge in [-0.3, -0.25) is 9.59 Å². The number of aryl methyl sites for hydroxylation is 1. The number of nitrogens with zero attached hydrogens (tertiary/aromatic N) is 4. The molecule has 0 aliphatic carbocycles. The number of halogens is 1. The van der Waals surface area contributed by atoms with E-state index in [0.717, 1.165) is 5.56 Å². The van der Waals surface area contributed by atoms with Crippen LogP contribution in [0.5, 0.6) is 5.75 Å². The van der Waals surface area contributed by atoms with Crippen LogP contribution in [-0.4, -0.2) is 70.7 Å². The summed E-state index contributed by atoms with van der Waals surface area (Å²) < 4.78 is 17.6. The van der Waals surface area contributed by atoms with E-state index in [1.165, 1.54) is 0 Å². The van der Waals surface area contributed by atoms with Gasteiger partial charge in [-0.05, 0) is 29.8 Å². The van der Waals surface area contributed by atoms with Crippen molar-refractivity contribution in [1.82, 2.24) is 19.9 Å². The van der Waals surface area contributed by atoms with Gasteiger partial charge in [0.1, 0.15) is 18.0 Å². The predicted molar refractivity (Wildman–Crippen MR) is 146 cm³/mol. The first-order valence-corrected chi connectivity index (χ1v) is 13.5. The lowest BCUT2D eigenvalue weighted by molar-refractivity contribution is -0.165. The first-order valence-electron chi connectivity index (χ1n) is 13.1. The second kappa shape index (κ2) is 13.1. The topological polar surface area (TPSA) is 98.0 Å². The zero-order chi connectivity index (χ0) is 27.8. The molecule has 2 amide bonds. The fourth-order valence-corrected chi connectivity index (χ4v) is 4.51. The molecule has 9 nitrogen and oxygen atoms in total. The maximum Gasteiger partial charge on any atom is 0.227 e. The molecule has 39 heavy (non-hydrogen) atoms. The van der Waals surface area contributed by atoms with Crippen molar-refractivity contribution in [3.8, 4) is 5.75 Å². The SMILES string of the molecule is CC(C)c1noc(CCC(=O)N2CCO[C@](COc3ccc(Cl)cc3)(CC(=O)N(C)Cc3ccccc3)C2)n1. The maximum atomic E-state index is 13.4. The van der Waals surface area contributed by atoms with Crippen molar-refractivity contribution in [2.75, 3.05) is 33.4 Å². The normalized spacial score (nSPS) is 17.3. The Hall–Kier alpha value is -3.43. The van der Waals surface area contributed by atoms with Crippen molar-refractivity contribution >= 4 is 23.4 Å². The summed E-state index contributed by atoms with van der Waals surface area (Å²) in [6.45, 7) is 5.49. The monoisotopic (exact) mass is 554 g/mol. The Morgan fingerprint density at radius 2 is 1.90 bits per heavy atom. The Morgan fingerprint density at radius 1 is 1.15 bits per heavy atom. The van der Waals surface area contributed by atoms with Gasteiger partial charge in [-0.15, -0.1) is 0 Å². The molecule has 1 saturated heterocycles. The van der Waals surface area contributed by atoms with Crippen LogP contribution in [0.25, 0.3) is 0 Å². The Labute approximate surface area is 234 Å². The number of hydrogen-bond donors (Lipinski definition) is 0. The summed E-state index contributed by atoms with van der Waals surface area (Å²) in [4.78, 5) is 34.3. The first-order chi connectivity index (χ1) is 18.7. The van der Waals surface area contributed by atoms with Crippen LogP contribution in [0.2, 0.25) is 5.02 Å². The predicted octanol–water partition coefficient (Wildman–Crippen LogP) is 4.50. The fraction of sp³-hybridized carbons (Fsp3) is 0.448. The van der Waals surface area contributed by atoms with Crippen LogP contribution in [0, 0.1) is 0 Å². The summed E-state index contributed by atoms with van der Waals surface area (Å²) in [5.74, 6) is 1.66. The molecule has 0 radical (unpaired) electrons. The molecule has 1 fully saturated rings. The number of carbonyl (C=O) groups excluding carboxylic acids is 2. The summed E-state index contributed by atoms with van der Waals surface area (Å²) in [6.07, 6.45) is 0.633. The Morgan fingerprint density at radius 3 is 2.59 bits per heavy atom. The average molecular weight is 555 g/mol. The van der Waals surface area contributed by atoms with E-state index in [1.807, 2.05) is 44.2 Å². The third kappa shape index (κ3) is 8.03. The molecule has 3 aromatic rings. The van der Waals surface area contributed by atoms with Gasteiger partial charge in [0.15, 0.2) is 5.82 Å². The molecule has 4 rings (SSSR count). The molecule has 0 unspecified atom stereocenters. The average Bonchev–Trinajstić information content (AvgIpc) is 3.42. The number of benzene rings is 2. The Bertz CT molecular complexity index is 1230. The first kappa shape index (κ1) is 28.6. The number of hydrogen-bond acceptors (Lipinski definition) is 7. The molecule has 2 aromatic carbocycles. The van der Waals surface area contributed by atoms with E-state index >= 15 is 0 Å². The van der Waals surface area contributed by atoms with Crippen LogP contribution in [0.3, 0.4) is 0 Å². The van der Waals surface area contributed by atoms with Crippen molar-refractivity contribution in [3.63, 3.8) is 0 Å². The van der Waals surface area contributed by atoms with Gasteiger partial charge in [0, 0.05) is 43.9 Å². The quantitative estimate of drug-likeness (QED) is 0.344. The van der Waals surface area contributed by atoms with Crippen LogP contribution >= 0.6 is 11.6 Å². The highest BCUT2D eigenvalue weighted by Crippen LogP contribution is 2.27. The third-order valence-corrected chi connectivity index (χ3v) is 6.88. The van der Waals surface area contributed by atoms with Gasteiger partial charge in [0.05, 0.1) is 19.6 Å². The van der Waals surface area contributed by atoms with E-state index in [9.17, 15) is 9.59 Å². The Balaban J connectivity index is 1.44. The second-order valence-electron chi connectivity index (χ2n) is 10.2. The third-order valence-electron chi connectivity index (χ3n) is 6.63. The van der Waals surface area contributed by atoms with E-state index in [2.05, 4.69) is 10.1 Å². The number of morpholine rings is 1. The van der Waals surface area contributed by atoms with Crippen molar-refractivity contribution in [1.29, 1.82) is 0 Å². The van der Waals surface area contributed by atoms with Crippen LogP contribution < -0.4 is 4.74 Å². The lowest BCUT2D eigenvalue weighted by atomic mass is 9.96. The van der Waals surface area contributed by atoms with Gasteiger partial charge in [-0.25, -0.2) is 0 Å². The summed E-state index contributed by atoms with van der Waals surface area (Å²) in [6, 6.07) is 16.8. The van der Waals surface area contributed by atoms with Crippen LogP contribution in [-0.2, 0) is 27.3 Å². The van der Waals surface area contributed by atoms with Crippen molar-refractivity contribution < 1.29 is 23.6 Å². The highest BCUT2D eigenvalue weighted by molar-refractivity contribution is 6.30. The van der Waals surface area contributed by atoms with Gasteiger partial charge in [-0.1, -0.05) is 60.9 Å². The molecular weight excluding hydrogens is 520 g/mol. The lowest BCUT2D eigenvalue weighted by Crippen LogP contribution is -2.58. The second-order valence-corrected chi connectivity index (χ2v) is 10.6. The molecule has 1 aliphatic heterocycles. The van der Waals surface area contributed by atoms with E-state index in [1.54, 1.807) is 41.1 Å². The van der Waals surface area contributed by atoms with Gasteiger partial charge in [0.25, 0.3) is 0 Å². The standard InChI is InChI=1S/C29H35ClN4O5/c1-21(2)28-31-25(39-32-28)13-14-26(35)34-15-16-38-29(19-34,20-37-24-11-9-23(30)10-12-24)17-27(36)33(3)18-22-7-5-4-6-8-22/h4-12,21H,13-20H2,1-3H3/t29-/m1/s1. The van der Waals surface area contributed by atoms with Crippen LogP contribution in [0.15, 0.2) is 59.1 Å². The molecule has 0 bridgehead atoms. The molecule has 1 aliphatic rings. The number of rotatable bonds is 11. The molecule has 0 saturated carbocycles. The summed E-state index contributed by atoms with van der Waals surface area (Å²) in [5.41, 5.74) is 0.0213. The van der Waals surface area contributed by atoms with Crippen molar-refractivity contribution in [2.24, 2.45) is 0 Å². The van der Waals surface area contributed by atoms with E-state index in [4.69, 9.17) is 25.6 Å². The van der Waals surface area contributed by atoms with Crippen molar-refractivity contribution in [2.45, 2.75) is 51.2 Å². The van der Waals surface area contributed by atoms with E-state index < -0.39 is 5.60 Å². The number of ether oxygens (including phenoxy) is 2. The Kier molecular flexibility index (Phi) is 9.59. The largest absolute Gasteiger partial charge is 0.490 e. The van der Waals surface area contributed by atoms with Crippen molar-refractivity contribution in [3.05, 3.63) is 76.9 Å². The maximum absolute atomic E-state index is 13.4. The molecule has 0 spiro atoms. The molecule has 1 aromatic heterocycles. The minimum absolute atomic E-state index is 0.0646. The zero-order valence-electron chi connectivity index (χ0n) is 22.6. The van der Waals surface area contributed by atoms with E-state index in [0.29, 0.717) is 48.6 Å². The number of carbonyl (C=O) groups is 2. The minimum Gasteiger partial charge on any atom is -0.490 e. The lowest BCUT2D eigenvalue weighted by Gasteiger charge is -2.42. The highest BCUT2D eigenvalue weighted by atomic mass is 35.5. The fourth-order valence-electron chi connectivity index (χ4n) is 4.38. The summed E-state index contributed by atoms with van der Waals surface area (Å²) >= 11 is 6.01. The van der Waals surface area contributed by atoms with Gasteiger partial charge in [-0.2, -0.15) is 4.98 Å².